The van der Waals surface area contributed by atoms with Gasteiger partial charge in [-0.3, -0.25) is 4.79 Å². The molecular formula is C19H22N2O2. The van der Waals surface area contributed by atoms with E-state index < -0.39 is 5.97 Å². The molecule has 4 nitrogen and oxygen atoms in total. The van der Waals surface area contributed by atoms with Gasteiger partial charge in [0.2, 0.25) is 0 Å². The third-order valence-corrected chi connectivity index (χ3v) is 4.41. The molecule has 1 aromatic carbocycles. The minimum Gasteiger partial charge on any atom is -0.481 e. The molecule has 0 saturated heterocycles. The lowest BCUT2D eigenvalue weighted by molar-refractivity contribution is -0.136. The van der Waals surface area contributed by atoms with Gasteiger partial charge in [0.05, 0.1) is 6.42 Å². The minimum atomic E-state index is -0.801. The van der Waals surface area contributed by atoms with Gasteiger partial charge < -0.3 is 5.11 Å². The highest BCUT2D eigenvalue weighted by molar-refractivity contribution is 5.70. The molecule has 1 saturated carbocycles. The van der Waals surface area contributed by atoms with Crippen molar-refractivity contribution in [2.45, 2.75) is 51.4 Å². The molecule has 1 heterocycles. The summed E-state index contributed by atoms with van der Waals surface area (Å²) in [6.07, 6.45) is 5.79. The second-order valence-corrected chi connectivity index (χ2v) is 6.40. The van der Waals surface area contributed by atoms with Gasteiger partial charge in [-0.1, -0.05) is 37.1 Å². The topological polar surface area (TPSA) is 63.1 Å². The molecule has 0 aliphatic heterocycles. The molecule has 4 heteroatoms. The Morgan fingerprint density at radius 2 is 1.78 bits per heavy atom. The Balaban J connectivity index is 1.75. The van der Waals surface area contributed by atoms with E-state index in [1.807, 2.05) is 37.3 Å². The zero-order chi connectivity index (χ0) is 16.2. The first-order chi connectivity index (χ1) is 11.1. The van der Waals surface area contributed by atoms with Crippen molar-refractivity contribution in [2.24, 2.45) is 0 Å². The Kier molecular flexibility index (Phi) is 4.70. The van der Waals surface area contributed by atoms with Crippen LogP contribution in [0.4, 0.5) is 0 Å². The quantitative estimate of drug-likeness (QED) is 0.915. The second kappa shape index (κ2) is 6.90. The predicted octanol–water partition coefficient (Wildman–Crippen LogP) is 3.66. The van der Waals surface area contributed by atoms with Crippen molar-refractivity contribution in [3.8, 4) is 0 Å². The molecule has 0 amide bonds. The Labute approximate surface area is 136 Å². The van der Waals surface area contributed by atoms with Crippen LogP contribution in [0.1, 0.15) is 59.9 Å². The Morgan fingerprint density at radius 1 is 1.13 bits per heavy atom. The maximum absolute atomic E-state index is 10.7. The summed E-state index contributed by atoms with van der Waals surface area (Å²) in [4.78, 5) is 20.1. The molecule has 1 N–H and O–H groups in total. The molecule has 3 rings (SSSR count). The highest BCUT2D eigenvalue weighted by Gasteiger charge is 2.20. The van der Waals surface area contributed by atoms with Gasteiger partial charge in [-0.15, -0.1) is 0 Å². The van der Waals surface area contributed by atoms with Crippen molar-refractivity contribution in [3.63, 3.8) is 0 Å². The largest absolute Gasteiger partial charge is 0.481 e. The SMILES string of the molecule is Cc1cc(Cc2ccc(CC(=O)O)cc2)nc(C2CCCC2)n1. The Hall–Kier alpha value is -2.23. The summed E-state index contributed by atoms with van der Waals surface area (Å²) in [6, 6.07) is 9.80. The molecule has 0 spiro atoms. The van der Waals surface area contributed by atoms with Gasteiger partial charge in [0.25, 0.3) is 0 Å². The summed E-state index contributed by atoms with van der Waals surface area (Å²) >= 11 is 0. The minimum absolute atomic E-state index is 0.0682. The number of hydrogen-bond acceptors (Lipinski definition) is 3. The van der Waals surface area contributed by atoms with Gasteiger partial charge >= 0.3 is 5.97 Å². The van der Waals surface area contributed by atoms with E-state index in [1.165, 1.54) is 25.7 Å². The molecule has 1 aromatic heterocycles. The van der Waals surface area contributed by atoms with Crippen LogP contribution in [0.2, 0.25) is 0 Å². The highest BCUT2D eigenvalue weighted by atomic mass is 16.4. The van der Waals surface area contributed by atoms with Crippen LogP contribution < -0.4 is 0 Å². The van der Waals surface area contributed by atoms with Crippen molar-refractivity contribution >= 4 is 5.97 Å². The van der Waals surface area contributed by atoms with E-state index in [4.69, 9.17) is 10.1 Å². The lowest BCUT2D eigenvalue weighted by atomic mass is 10.0. The lowest BCUT2D eigenvalue weighted by Gasteiger charge is -2.11. The van der Waals surface area contributed by atoms with E-state index in [2.05, 4.69) is 4.98 Å². The van der Waals surface area contributed by atoms with E-state index in [0.717, 1.165) is 34.8 Å². The number of carboxylic acid groups (broad SMARTS) is 1. The molecule has 1 fully saturated rings. The fourth-order valence-electron chi connectivity index (χ4n) is 3.27. The smallest absolute Gasteiger partial charge is 0.307 e. The molecule has 0 radical (unpaired) electrons. The number of nitrogens with zero attached hydrogens (tertiary/aromatic N) is 2. The summed E-state index contributed by atoms with van der Waals surface area (Å²) in [6.45, 7) is 2.03. The predicted molar refractivity (Wildman–Crippen MR) is 88.6 cm³/mol. The van der Waals surface area contributed by atoms with Crippen molar-refractivity contribution in [2.75, 3.05) is 0 Å². The monoisotopic (exact) mass is 310 g/mol. The van der Waals surface area contributed by atoms with E-state index in [-0.39, 0.29) is 6.42 Å². The number of carbonyl (C=O) groups is 1. The van der Waals surface area contributed by atoms with E-state index >= 15 is 0 Å². The normalized spacial score (nSPS) is 15.0. The number of hydrogen-bond donors (Lipinski definition) is 1. The third-order valence-electron chi connectivity index (χ3n) is 4.41. The van der Waals surface area contributed by atoms with Crippen LogP contribution in [0.5, 0.6) is 0 Å². The molecule has 0 unspecified atom stereocenters. The standard InChI is InChI=1S/C19H22N2O2/c1-13-10-17(21-19(20-13)16-4-2-3-5-16)11-14-6-8-15(9-7-14)12-18(22)23/h6-10,16H,2-5,11-12H2,1H3,(H,22,23). The molecule has 2 aromatic rings. The first-order valence-electron chi connectivity index (χ1n) is 8.24. The number of carboxylic acids is 1. The molecule has 1 aliphatic carbocycles. The Bertz CT molecular complexity index is 689. The third kappa shape index (κ3) is 4.15. The molecule has 0 atom stereocenters. The maximum Gasteiger partial charge on any atom is 0.307 e. The van der Waals surface area contributed by atoms with Crippen LogP contribution in [0.25, 0.3) is 0 Å². The van der Waals surface area contributed by atoms with Gasteiger partial charge in [-0.05, 0) is 37.0 Å². The average molecular weight is 310 g/mol. The number of rotatable bonds is 5. The van der Waals surface area contributed by atoms with Crippen LogP contribution in [-0.4, -0.2) is 21.0 Å². The Morgan fingerprint density at radius 3 is 2.43 bits per heavy atom. The van der Waals surface area contributed by atoms with Crippen molar-refractivity contribution in [3.05, 3.63) is 58.7 Å². The average Bonchev–Trinajstić information content (AvgIpc) is 3.02. The lowest BCUT2D eigenvalue weighted by Crippen LogP contribution is -2.06. The van der Waals surface area contributed by atoms with Crippen LogP contribution in [0.3, 0.4) is 0 Å². The van der Waals surface area contributed by atoms with Gasteiger partial charge in [0, 0.05) is 23.7 Å². The molecule has 23 heavy (non-hydrogen) atoms. The molecular weight excluding hydrogens is 288 g/mol. The zero-order valence-corrected chi connectivity index (χ0v) is 13.5. The molecule has 1 aliphatic rings. The fourth-order valence-corrected chi connectivity index (χ4v) is 3.27. The van der Waals surface area contributed by atoms with Crippen LogP contribution in [-0.2, 0) is 17.6 Å². The van der Waals surface area contributed by atoms with Crippen molar-refractivity contribution in [1.82, 2.24) is 9.97 Å². The van der Waals surface area contributed by atoms with Crippen molar-refractivity contribution < 1.29 is 9.90 Å². The van der Waals surface area contributed by atoms with Gasteiger partial charge in [-0.25, -0.2) is 9.97 Å². The van der Waals surface area contributed by atoms with Gasteiger partial charge in [-0.2, -0.15) is 0 Å². The summed E-state index contributed by atoms with van der Waals surface area (Å²) in [5, 5.41) is 8.82. The zero-order valence-electron chi connectivity index (χ0n) is 13.5. The summed E-state index contributed by atoms with van der Waals surface area (Å²) in [5.41, 5.74) is 4.05. The van der Waals surface area contributed by atoms with E-state index in [1.54, 1.807) is 0 Å². The maximum atomic E-state index is 10.7. The van der Waals surface area contributed by atoms with E-state index in [9.17, 15) is 4.79 Å². The number of aromatic nitrogens is 2. The summed E-state index contributed by atoms with van der Waals surface area (Å²) in [7, 11) is 0. The first-order valence-corrected chi connectivity index (χ1v) is 8.24. The van der Waals surface area contributed by atoms with Gasteiger partial charge in [0.1, 0.15) is 5.82 Å². The number of benzene rings is 1. The van der Waals surface area contributed by atoms with E-state index in [0.29, 0.717) is 5.92 Å². The van der Waals surface area contributed by atoms with Crippen LogP contribution >= 0.6 is 0 Å². The number of aryl methyl sites for hydroxylation is 1. The van der Waals surface area contributed by atoms with Crippen LogP contribution in [0.15, 0.2) is 30.3 Å². The fraction of sp³-hybridized carbons (Fsp3) is 0.421. The molecule has 120 valence electrons. The molecule has 0 bridgehead atoms. The first kappa shape index (κ1) is 15.7. The summed E-state index contributed by atoms with van der Waals surface area (Å²) in [5.74, 6) is 0.719. The highest BCUT2D eigenvalue weighted by Crippen LogP contribution is 2.32. The second-order valence-electron chi connectivity index (χ2n) is 6.40. The van der Waals surface area contributed by atoms with Crippen LogP contribution in [0, 0.1) is 6.92 Å². The summed E-state index contributed by atoms with van der Waals surface area (Å²) < 4.78 is 0. The number of aliphatic carboxylic acids is 1. The van der Waals surface area contributed by atoms with Gasteiger partial charge in [0.15, 0.2) is 0 Å². The van der Waals surface area contributed by atoms with Crippen molar-refractivity contribution in [1.29, 1.82) is 0 Å².